The van der Waals surface area contributed by atoms with Gasteiger partial charge in [-0.25, -0.2) is 9.98 Å². The molecule has 0 aromatic carbocycles. The zero-order valence-corrected chi connectivity index (χ0v) is 22.7. The molecule has 0 spiro atoms. The number of aliphatic imine (C=N–C) groups is 1. The summed E-state index contributed by atoms with van der Waals surface area (Å²) >= 11 is 0. The van der Waals surface area contributed by atoms with E-state index in [1.807, 2.05) is 6.20 Å². The molecular formula is C23H44IN7. The lowest BCUT2D eigenvalue weighted by Gasteiger charge is -2.33. The predicted octanol–water partition coefficient (Wildman–Crippen LogP) is 3.02. The van der Waals surface area contributed by atoms with Crippen molar-refractivity contribution >= 4 is 35.8 Å². The van der Waals surface area contributed by atoms with Crippen molar-refractivity contribution in [1.29, 1.82) is 0 Å². The molecule has 31 heavy (non-hydrogen) atoms. The van der Waals surface area contributed by atoms with E-state index >= 15 is 0 Å². The lowest BCUT2D eigenvalue weighted by molar-refractivity contribution is 0.173. The second-order valence-electron chi connectivity index (χ2n) is 8.72. The molecule has 2 rings (SSSR count). The van der Waals surface area contributed by atoms with Gasteiger partial charge in [0.05, 0.1) is 6.54 Å². The second-order valence-corrected chi connectivity index (χ2v) is 8.72. The van der Waals surface area contributed by atoms with Crippen molar-refractivity contribution in [2.45, 2.75) is 59.7 Å². The Labute approximate surface area is 207 Å². The third kappa shape index (κ3) is 9.91. The maximum atomic E-state index is 4.74. The summed E-state index contributed by atoms with van der Waals surface area (Å²) in [5.74, 6) is 1.95. The van der Waals surface area contributed by atoms with Crippen LogP contribution in [0.25, 0.3) is 0 Å². The van der Waals surface area contributed by atoms with Crippen LogP contribution < -0.4 is 15.5 Å². The number of nitrogens with one attached hydrogen (secondary N) is 2. The van der Waals surface area contributed by atoms with E-state index in [2.05, 4.69) is 84.1 Å². The van der Waals surface area contributed by atoms with Crippen LogP contribution in [0.3, 0.4) is 0 Å². The van der Waals surface area contributed by atoms with Gasteiger partial charge in [-0.2, -0.15) is 0 Å². The van der Waals surface area contributed by atoms with Crippen molar-refractivity contribution in [3.63, 3.8) is 0 Å². The molecule has 1 aliphatic rings. The van der Waals surface area contributed by atoms with Crippen LogP contribution >= 0.6 is 24.0 Å². The number of anilines is 1. The van der Waals surface area contributed by atoms with Crippen molar-refractivity contribution < 1.29 is 0 Å². The molecule has 1 aromatic rings. The highest BCUT2D eigenvalue weighted by Crippen LogP contribution is 2.14. The molecule has 0 saturated carbocycles. The first kappa shape index (κ1) is 27.9. The minimum Gasteiger partial charge on any atom is -0.357 e. The SMILES string of the molecule is CCNC(=NCc1ccc(N2CCN(C)CC2)nc1)NCCCN(C(C)C)C(C)C.I. The highest BCUT2D eigenvalue weighted by Gasteiger charge is 2.15. The molecule has 1 aromatic heterocycles. The molecule has 8 heteroatoms. The van der Waals surface area contributed by atoms with Gasteiger partial charge < -0.3 is 20.4 Å². The van der Waals surface area contributed by atoms with Gasteiger partial charge in [0.15, 0.2) is 5.96 Å². The number of halogens is 1. The molecule has 7 nitrogen and oxygen atoms in total. The van der Waals surface area contributed by atoms with E-state index in [0.717, 1.165) is 69.6 Å². The number of hydrogen-bond acceptors (Lipinski definition) is 5. The van der Waals surface area contributed by atoms with Gasteiger partial charge in [0.2, 0.25) is 0 Å². The van der Waals surface area contributed by atoms with E-state index in [1.54, 1.807) is 0 Å². The number of likely N-dealkylation sites (N-methyl/N-ethyl adjacent to an activating group) is 1. The Hall–Kier alpha value is -1.13. The lowest BCUT2D eigenvalue weighted by Crippen LogP contribution is -2.44. The molecule has 0 radical (unpaired) electrons. The van der Waals surface area contributed by atoms with Crippen molar-refractivity contribution in [2.24, 2.45) is 4.99 Å². The molecule has 1 saturated heterocycles. The fourth-order valence-corrected chi connectivity index (χ4v) is 3.83. The Bertz CT molecular complexity index is 617. The zero-order chi connectivity index (χ0) is 21.9. The number of aromatic nitrogens is 1. The Kier molecular flexibility index (Phi) is 13.4. The van der Waals surface area contributed by atoms with Gasteiger partial charge in [0, 0.05) is 64.1 Å². The molecule has 0 amide bonds. The molecule has 0 bridgehead atoms. The highest BCUT2D eigenvalue weighted by molar-refractivity contribution is 14.0. The van der Waals surface area contributed by atoms with Gasteiger partial charge in [-0.05, 0) is 59.7 Å². The molecular weight excluding hydrogens is 501 g/mol. The van der Waals surface area contributed by atoms with Crippen LogP contribution in [0, 0.1) is 0 Å². The lowest BCUT2D eigenvalue weighted by atomic mass is 10.2. The molecule has 1 aliphatic heterocycles. The van der Waals surface area contributed by atoms with Gasteiger partial charge in [0.25, 0.3) is 0 Å². The standard InChI is InChI=1S/C23H43N7.HI/c1-7-24-23(25-11-8-12-30(19(2)3)20(4)5)27-18-21-9-10-22(26-17-21)29-15-13-28(6)14-16-29;/h9-10,17,19-20H,7-8,11-16,18H2,1-6H3,(H2,24,25,27);1H. The van der Waals surface area contributed by atoms with E-state index in [-0.39, 0.29) is 24.0 Å². The first-order valence-electron chi connectivity index (χ1n) is 11.6. The van der Waals surface area contributed by atoms with Crippen LogP contribution in [-0.2, 0) is 6.54 Å². The third-order valence-corrected chi connectivity index (χ3v) is 5.61. The van der Waals surface area contributed by atoms with Crippen LogP contribution in [0.5, 0.6) is 0 Å². The van der Waals surface area contributed by atoms with E-state index in [4.69, 9.17) is 4.99 Å². The van der Waals surface area contributed by atoms with Crippen LogP contribution in [0.2, 0.25) is 0 Å². The number of piperazine rings is 1. The average molecular weight is 546 g/mol. The summed E-state index contributed by atoms with van der Waals surface area (Å²) < 4.78 is 0. The molecule has 1 fully saturated rings. The summed E-state index contributed by atoms with van der Waals surface area (Å²) in [7, 11) is 2.17. The minimum absolute atomic E-state index is 0. The fourth-order valence-electron chi connectivity index (χ4n) is 3.83. The summed E-state index contributed by atoms with van der Waals surface area (Å²) in [6.07, 6.45) is 3.06. The van der Waals surface area contributed by atoms with Crippen molar-refractivity contribution in [3.05, 3.63) is 23.9 Å². The molecule has 2 N–H and O–H groups in total. The van der Waals surface area contributed by atoms with E-state index < -0.39 is 0 Å². The third-order valence-electron chi connectivity index (χ3n) is 5.61. The predicted molar refractivity (Wildman–Crippen MR) is 144 cm³/mol. The van der Waals surface area contributed by atoms with Gasteiger partial charge in [0.1, 0.15) is 5.82 Å². The molecule has 0 atom stereocenters. The summed E-state index contributed by atoms with van der Waals surface area (Å²) in [6, 6.07) is 5.43. The molecule has 0 unspecified atom stereocenters. The van der Waals surface area contributed by atoms with Crippen molar-refractivity contribution in [1.82, 2.24) is 25.4 Å². The summed E-state index contributed by atoms with van der Waals surface area (Å²) in [5, 5.41) is 6.82. The Morgan fingerprint density at radius 2 is 1.77 bits per heavy atom. The monoisotopic (exact) mass is 545 g/mol. The smallest absolute Gasteiger partial charge is 0.191 e. The number of guanidine groups is 1. The van der Waals surface area contributed by atoms with Gasteiger partial charge >= 0.3 is 0 Å². The van der Waals surface area contributed by atoms with Crippen LogP contribution in [-0.4, -0.2) is 85.7 Å². The maximum Gasteiger partial charge on any atom is 0.191 e. The zero-order valence-electron chi connectivity index (χ0n) is 20.4. The Balaban J connectivity index is 0.00000480. The fraction of sp³-hybridized carbons (Fsp3) is 0.739. The average Bonchev–Trinajstić information content (AvgIpc) is 2.72. The summed E-state index contributed by atoms with van der Waals surface area (Å²) in [6.45, 7) is 18.9. The highest BCUT2D eigenvalue weighted by atomic mass is 127. The summed E-state index contributed by atoms with van der Waals surface area (Å²) in [4.78, 5) is 16.7. The summed E-state index contributed by atoms with van der Waals surface area (Å²) in [5.41, 5.74) is 1.14. The quantitative estimate of drug-likeness (QED) is 0.204. The number of hydrogen-bond donors (Lipinski definition) is 2. The van der Waals surface area contributed by atoms with Crippen LogP contribution in [0.15, 0.2) is 23.3 Å². The van der Waals surface area contributed by atoms with E-state index in [1.165, 1.54) is 0 Å². The maximum absolute atomic E-state index is 4.74. The van der Waals surface area contributed by atoms with Crippen LogP contribution in [0.4, 0.5) is 5.82 Å². The van der Waals surface area contributed by atoms with E-state index in [0.29, 0.717) is 18.6 Å². The minimum atomic E-state index is 0. The first-order chi connectivity index (χ1) is 14.4. The Morgan fingerprint density at radius 3 is 2.32 bits per heavy atom. The van der Waals surface area contributed by atoms with Gasteiger partial charge in [-0.15, -0.1) is 24.0 Å². The Morgan fingerprint density at radius 1 is 1.10 bits per heavy atom. The number of pyridine rings is 1. The largest absolute Gasteiger partial charge is 0.357 e. The van der Waals surface area contributed by atoms with Crippen molar-refractivity contribution in [2.75, 3.05) is 57.8 Å². The van der Waals surface area contributed by atoms with Crippen LogP contribution in [0.1, 0.15) is 46.6 Å². The van der Waals surface area contributed by atoms with E-state index in [9.17, 15) is 0 Å². The van der Waals surface area contributed by atoms with Gasteiger partial charge in [-0.1, -0.05) is 6.07 Å². The van der Waals surface area contributed by atoms with Crippen molar-refractivity contribution in [3.8, 4) is 0 Å². The van der Waals surface area contributed by atoms with Gasteiger partial charge in [-0.3, -0.25) is 4.90 Å². The topological polar surface area (TPSA) is 59.0 Å². The molecule has 178 valence electrons. The normalized spacial score (nSPS) is 15.5. The molecule has 2 heterocycles. The number of nitrogens with zero attached hydrogens (tertiary/aromatic N) is 5. The second kappa shape index (κ2) is 14.8. The molecule has 0 aliphatic carbocycles. The first-order valence-corrected chi connectivity index (χ1v) is 11.6. The number of rotatable bonds is 10.